The summed E-state index contributed by atoms with van der Waals surface area (Å²) in [6.07, 6.45) is 2.44. The highest BCUT2D eigenvalue weighted by Gasteiger charge is 2.22. The van der Waals surface area contributed by atoms with Gasteiger partial charge in [-0.05, 0) is 30.2 Å². The zero-order chi connectivity index (χ0) is 23.4. The minimum absolute atomic E-state index is 0.00928. The zero-order valence-corrected chi connectivity index (χ0v) is 17.4. The fourth-order valence-electron chi connectivity index (χ4n) is 3.16. The van der Waals surface area contributed by atoms with Crippen molar-refractivity contribution >= 4 is 11.2 Å². The SMILES string of the molecule is C=C/C(=C\C(=C)F)Oc1nc2c(c(=O)n(CCCO)c(=O)n2C)n1Cc1ccc(F)cc1. The lowest BCUT2D eigenvalue weighted by atomic mass is 10.2. The third kappa shape index (κ3) is 4.59. The van der Waals surface area contributed by atoms with Crippen LogP contribution in [-0.4, -0.2) is 30.4 Å². The molecule has 1 N–H and O–H groups in total. The first kappa shape index (κ1) is 22.9. The van der Waals surface area contributed by atoms with Crippen molar-refractivity contribution in [3.63, 3.8) is 0 Å². The summed E-state index contributed by atoms with van der Waals surface area (Å²) in [4.78, 5) is 30.2. The number of rotatable bonds is 9. The number of hydrogen-bond acceptors (Lipinski definition) is 5. The number of fused-ring (bicyclic) bond motifs is 1. The number of halogens is 2. The van der Waals surface area contributed by atoms with Crippen LogP contribution in [-0.2, 0) is 20.1 Å². The van der Waals surface area contributed by atoms with Crippen LogP contribution >= 0.6 is 0 Å². The number of benzene rings is 1. The molecule has 0 amide bonds. The van der Waals surface area contributed by atoms with E-state index in [4.69, 9.17) is 9.84 Å². The van der Waals surface area contributed by atoms with Gasteiger partial charge in [-0.25, -0.2) is 13.6 Å². The molecule has 3 rings (SSSR count). The van der Waals surface area contributed by atoms with E-state index < -0.39 is 22.9 Å². The lowest BCUT2D eigenvalue weighted by Gasteiger charge is -2.11. The van der Waals surface area contributed by atoms with Crippen molar-refractivity contribution in [1.82, 2.24) is 18.7 Å². The van der Waals surface area contributed by atoms with Crippen LogP contribution in [0.25, 0.3) is 11.2 Å². The van der Waals surface area contributed by atoms with E-state index in [2.05, 4.69) is 18.1 Å². The standard InChI is InChI=1S/C22H22F2N4O4/c1-4-17(12-14(2)23)32-21-25-19-18(28(21)13-15-6-8-16(24)9-7-15)20(30)27(10-5-11-29)22(31)26(19)3/h4,6-9,12,29H,1-2,5,10-11,13H2,3H3/b17-12+. The monoisotopic (exact) mass is 444 g/mol. The Hall–Kier alpha value is -3.79. The van der Waals surface area contributed by atoms with Crippen LogP contribution in [0, 0.1) is 5.82 Å². The van der Waals surface area contributed by atoms with Crippen molar-refractivity contribution in [1.29, 1.82) is 0 Å². The molecule has 0 spiro atoms. The topological polar surface area (TPSA) is 91.3 Å². The largest absolute Gasteiger partial charge is 0.425 e. The van der Waals surface area contributed by atoms with Crippen LogP contribution in [0.3, 0.4) is 0 Å². The molecule has 0 atom stereocenters. The summed E-state index contributed by atoms with van der Waals surface area (Å²) in [5, 5.41) is 9.12. The Morgan fingerprint density at radius 2 is 1.94 bits per heavy atom. The van der Waals surface area contributed by atoms with E-state index in [9.17, 15) is 18.4 Å². The van der Waals surface area contributed by atoms with Crippen LogP contribution in [0.2, 0.25) is 0 Å². The highest BCUT2D eigenvalue weighted by atomic mass is 19.1. The second kappa shape index (κ2) is 9.56. The minimum Gasteiger partial charge on any atom is -0.425 e. The van der Waals surface area contributed by atoms with Crippen molar-refractivity contribution in [3.05, 3.63) is 93.4 Å². The van der Waals surface area contributed by atoms with Crippen LogP contribution in [0.4, 0.5) is 8.78 Å². The van der Waals surface area contributed by atoms with Crippen LogP contribution < -0.4 is 16.0 Å². The molecule has 8 nitrogen and oxygen atoms in total. The van der Waals surface area contributed by atoms with Gasteiger partial charge in [0.2, 0.25) is 0 Å². The maximum absolute atomic E-state index is 13.4. The summed E-state index contributed by atoms with van der Waals surface area (Å²) >= 11 is 0. The lowest BCUT2D eigenvalue weighted by Crippen LogP contribution is -2.39. The van der Waals surface area contributed by atoms with Gasteiger partial charge < -0.3 is 9.84 Å². The quantitative estimate of drug-likeness (QED) is 0.404. The Kier molecular flexibility index (Phi) is 6.84. The van der Waals surface area contributed by atoms with E-state index in [1.807, 2.05) is 0 Å². The first-order chi connectivity index (χ1) is 15.3. The molecule has 168 valence electrons. The number of aliphatic hydroxyl groups is 1. The third-order valence-corrected chi connectivity index (χ3v) is 4.70. The second-order valence-corrected chi connectivity index (χ2v) is 6.95. The number of aliphatic hydroxyl groups excluding tert-OH is 1. The fraction of sp³-hybridized carbons (Fsp3) is 0.227. The maximum atomic E-state index is 13.4. The van der Waals surface area contributed by atoms with Crippen LogP contribution in [0.5, 0.6) is 6.01 Å². The van der Waals surface area contributed by atoms with Crippen molar-refractivity contribution in [2.24, 2.45) is 7.05 Å². The van der Waals surface area contributed by atoms with E-state index in [0.29, 0.717) is 5.56 Å². The van der Waals surface area contributed by atoms with Gasteiger partial charge in [-0.15, -0.1) is 0 Å². The van der Waals surface area contributed by atoms with Crippen molar-refractivity contribution < 1.29 is 18.6 Å². The average Bonchev–Trinajstić information content (AvgIpc) is 3.11. The van der Waals surface area contributed by atoms with E-state index in [1.165, 1.54) is 46.5 Å². The number of nitrogens with zero attached hydrogens (tertiary/aromatic N) is 4. The Bertz CT molecular complexity index is 1320. The van der Waals surface area contributed by atoms with E-state index in [0.717, 1.165) is 10.6 Å². The first-order valence-corrected chi connectivity index (χ1v) is 9.68. The predicted molar refractivity (Wildman–Crippen MR) is 116 cm³/mol. The van der Waals surface area contributed by atoms with E-state index in [1.54, 1.807) is 0 Å². The number of imidazole rings is 1. The highest BCUT2D eigenvalue weighted by Crippen LogP contribution is 2.22. The number of aromatic nitrogens is 4. The molecule has 0 radical (unpaired) electrons. The molecule has 0 saturated heterocycles. The molecule has 2 heterocycles. The van der Waals surface area contributed by atoms with Gasteiger partial charge in [0.25, 0.3) is 5.56 Å². The Morgan fingerprint density at radius 3 is 2.53 bits per heavy atom. The van der Waals surface area contributed by atoms with Gasteiger partial charge in [-0.1, -0.05) is 25.3 Å². The number of aryl methyl sites for hydroxylation is 1. The lowest BCUT2D eigenvalue weighted by molar-refractivity contribution is 0.277. The zero-order valence-electron chi connectivity index (χ0n) is 17.4. The van der Waals surface area contributed by atoms with E-state index >= 15 is 0 Å². The summed E-state index contributed by atoms with van der Waals surface area (Å²) in [5.74, 6) is -1.22. The number of ether oxygens (including phenoxy) is 1. The smallest absolute Gasteiger partial charge is 0.332 e. The molecule has 3 aromatic rings. The van der Waals surface area contributed by atoms with Gasteiger partial charge in [0.05, 0.1) is 6.54 Å². The summed E-state index contributed by atoms with van der Waals surface area (Å²) in [6, 6.07) is 5.51. The van der Waals surface area contributed by atoms with Crippen molar-refractivity contribution in [2.45, 2.75) is 19.5 Å². The molecule has 10 heteroatoms. The van der Waals surface area contributed by atoms with E-state index in [-0.39, 0.29) is 49.1 Å². The minimum atomic E-state index is -0.778. The van der Waals surface area contributed by atoms with Crippen molar-refractivity contribution in [3.8, 4) is 6.01 Å². The van der Waals surface area contributed by atoms with Crippen molar-refractivity contribution in [2.75, 3.05) is 6.61 Å². The molecule has 0 saturated carbocycles. The molecular formula is C22H22F2N4O4. The molecule has 0 aliphatic heterocycles. The number of allylic oxidation sites excluding steroid dienone is 3. The molecule has 0 aliphatic carbocycles. The maximum Gasteiger partial charge on any atom is 0.332 e. The fourth-order valence-corrected chi connectivity index (χ4v) is 3.16. The summed E-state index contributed by atoms with van der Waals surface area (Å²) in [7, 11) is 1.45. The molecule has 0 bridgehead atoms. The summed E-state index contributed by atoms with van der Waals surface area (Å²) in [5.41, 5.74) is -0.484. The molecule has 2 aromatic heterocycles. The summed E-state index contributed by atoms with van der Waals surface area (Å²) < 4.78 is 35.9. The Balaban J connectivity index is 2.28. The molecule has 0 aliphatic rings. The predicted octanol–water partition coefficient (Wildman–Crippen LogP) is 2.40. The van der Waals surface area contributed by atoms with Crippen LogP contribution in [0.1, 0.15) is 12.0 Å². The summed E-state index contributed by atoms with van der Waals surface area (Å²) in [6.45, 7) is 6.58. The van der Waals surface area contributed by atoms with Crippen LogP contribution in [0.15, 0.2) is 70.8 Å². The Labute approximate surface area is 181 Å². The first-order valence-electron chi connectivity index (χ1n) is 9.68. The van der Waals surface area contributed by atoms with Gasteiger partial charge in [-0.3, -0.25) is 18.5 Å². The number of hydrogen-bond donors (Lipinski definition) is 1. The molecule has 1 aromatic carbocycles. The normalized spacial score (nSPS) is 11.7. The molecular weight excluding hydrogens is 422 g/mol. The molecule has 0 unspecified atom stereocenters. The van der Waals surface area contributed by atoms with Gasteiger partial charge in [-0.2, -0.15) is 4.98 Å². The third-order valence-electron chi connectivity index (χ3n) is 4.70. The second-order valence-electron chi connectivity index (χ2n) is 6.95. The van der Waals surface area contributed by atoms with Gasteiger partial charge in [0.1, 0.15) is 17.4 Å². The molecule has 0 fully saturated rings. The van der Waals surface area contributed by atoms with Gasteiger partial charge in [0, 0.05) is 26.3 Å². The molecule has 32 heavy (non-hydrogen) atoms. The highest BCUT2D eigenvalue weighted by molar-refractivity contribution is 5.72. The van der Waals surface area contributed by atoms with Gasteiger partial charge in [0.15, 0.2) is 11.2 Å². The Morgan fingerprint density at radius 1 is 1.25 bits per heavy atom. The van der Waals surface area contributed by atoms with Gasteiger partial charge >= 0.3 is 11.7 Å². The average molecular weight is 444 g/mol.